The van der Waals surface area contributed by atoms with Gasteiger partial charge in [-0.1, -0.05) is 39.0 Å². The number of likely N-dealkylation sites (N-methyl/N-ethyl adjacent to an activating group) is 1. The van der Waals surface area contributed by atoms with E-state index in [0.29, 0.717) is 6.04 Å². The maximum Gasteiger partial charge on any atom is 0.0112 e. The molecular weight excluding hydrogens is 250 g/mol. The lowest BCUT2D eigenvalue weighted by Crippen LogP contribution is -2.28. The van der Waals surface area contributed by atoms with Crippen molar-refractivity contribution in [2.45, 2.75) is 70.8 Å². The minimum atomic E-state index is 0.672. The van der Waals surface area contributed by atoms with Crippen molar-refractivity contribution in [3.05, 3.63) is 21.9 Å². The Balaban J connectivity index is 1.75. The molecule has 0 aliphatic heterocycles. The summed E-state index contributed by atoms with van der Waals surface area (Å²) < 4.78 is 0. The van der Waals surface area contributed by atoms with E-state index in [1.54, 1.807) is 4.88 Å². The maximum absolute atomic E-state index is 3.52. The molecule has 2 rings (SSSR count). The summed E-state index contributed by atoms with van der Waals surface area (Å²) in [4.78, 5) is 3.08. The van der Waals surface area contributed by atoms with Gasteiger partial charge in [0.2, 0.25) is 0 Å². The second-order valence-corrected chi connectivity index (χ2v) is 7.25. The van der Waals surface area contributed by atoms with Gasteiger partial charge in [0.05, 0.1) is 0 Å². The van der Waals surface area contributed by atoms with Gasteiger partial charge < -0.3 is 5.32 Å². The Bertz CT molecular complexity index is 352. The SMILES string of the molecule is CCc1ccc(CC(CCC2CCCCC2)NC)s1. The molecule has 1 nitrogen and oxygen atoms in total. The number of nitrogens with one attached hydrogen (secondary N) is 1. The second kappa shape index (κ2) is 8.06. The van der Waals surface area contributed by atoms with Crippen LogP contribution in [0.15, 0.2) is 12.1 Å². The highest BCUT2D eigenvalue weighted by molar-refractivity contribution is 7.11. The van der Waals surface area contributed by atoms with Crippen LogP contribution >= 0.6 is 11.3 Å². The van der Waals surface area contributed by atoms with Gasteiger partial charge in [-0.15, -0.1) is 11.3 Å². The Labute approximate surface area is 122 Å². The molecule has 1 fully saturated rings. The van der Waals surface area contributed by atoms with Crippen molar-refractivity contribution in [2.24, 2.45) is 5.92 Å². The van der Waals surface area contributed by atoms with Gasteiger partial charge in [-0.25, -0.2) is 0 Å². The van der Waals surface area contributed by atoms with Crippen molar-refractivity contribution in [2.75, 3.05) is 7.05 Å². The van der Waals surface area contributed by atoms with Crippen molar-refractivity contribution in [3.63, 3.8) is 0 Å². The summed E-state index contributed by atoms with van der Waals surface area (Å²) in [7, 11) is 2.12. The molecule has 108 valence electrons. The normalized spacial score (nSPS) is 18.6. The van der Waals surface area contributed by atoms with E-state index in [1.807, 2.05) is 11.3 Å². The smallest absolute Gasteiger partial charge is 0.0112 e. The zero-order chi connectivity index (χ0) is 13.5. The van der Waals surface area contributed by atoms with Crippen LogP contribution in [-0.4, -0.2) is 13.1 Å². The molecule has 0 spiro atoms. The minimum Gasteiger partial charge on any atom is -0.317 e. The van der Waals surface area contributed by atoms with Gasteiger partial charge in [0.25, 0.3) is 0 Å². The monoisotopic (exact) mass is 279 g/mol. The fourth-order valence-corrected chi connectivity index (χ4v) is 4.26. The third kappa shape index (κ3) is 4.92. The lowest BCUT2D eigenvalue weighted by molar-refractivity contribution is 0.316. The molecule has 19 heavy (non-hydrogen) atoms. The second-order valence-electron chi connectivity index (χ2n) is 5.99. The van der Waals surface area contributed by atoms with Crippen LogP contribution in [-0.2, 0) is 12.8 Å². The van der Waals surface area contributed by atoms with E-state index in [9.17, 15) is 0 Å². The lowest BCUT2D eigenvalue weighted by Gasteiger charge is -2.24. The van der Waals surface area contributed by atoms with Crippen LogP contribution in [0.5, 0.6) is 0 Å². The van der Waals surface area contributed by atoms with Crippen LogP contribution in [0.25, 0.3) is 0 Å². The summed E-state index contributed by atoms with van der Waals surface area (Å²) in [5.74, 6) is 1.01. The maximum atomic E-state index is 3.52. The Kier molecular flexibility index (Phi) is 6.39. The van der Waals surface area contributed by atoms with E-state index in [2.05, 4.69) is 31.4 Å². The van der Waals surface area contributed by atoms with Crippen LogP contribution in [0.2, 0.25) is 0 Å². The van der Waals surface area contributed by atoms with E-state index < -0.39 is 0 Å². The summed E-state index contributed by atoms with van der Waals surface area (Å²) in [6.45, 7) is 2.24. The molecule has 0 amide bonds. The molecular formula is C17H29NS. The molecule has 1 unspecified atom stereocenters. The number of thiophene rings is 1. The zero-order valence-corrected chi connectivity index (χ0v) is 13.4. The molecule has 0 bridgehead atoms. The van der Waals surface area contributed by atoms with Crippen LogP contribution in [0.4, 0.5) is 0 Å². The largest absolute Gasteiger partial charge is 0.317 e. The molecule has 0 saturated heterocycles. The molecule has 0 radical (unpaired) electrons. The van der Waals surface area contributed by atoms with Crippen molar-refractivity contribution in [1.29, 1.82) is 0 Å². The molecule has 1 saturated carbocycles. The molecule has 1 aliphatic rings. The van der Waals surface area contributed by atoms with Gasteiger partial charge >= 0.3 is 0 Å². The van der Waals surface area contributed by atoms with Crippen LogP contribution in [0, 0.1) is 5.92 Å². The number of aryl methyl sites for hydroxylation is 1. The van der Waals surface area contributed by atoms with E-state index in [0.717, 1.165) is 5.92 Å². The topological polar surface area (TPSA) is 12.0 Å². The third-order valence-electron chi connectivity index (χ3n) is 4.57. The van der Waals surface area contributed by atoms with Gasteiger partial charge in [-0.3, -0.25) is 0 Å². The molecule has 1 aromatic heterocycles. The highest BCUT2D eigenvalue weighted by Crippen LogP contribution is 2.28. The highest BCUT2D eigenvalue weighted by atomic mass is 32.1. The Morgan fingerprint density at radius 1 is 1.21 bits per heavy atom. The number of rotatable bonds is 7. The molecule has 1 atom stereocenters. The average Bonchev–Trinajstić information content (AvgIpc) is 2.92. The quantitative estimate of drug-likeness (QED) is 0.756. The van der Waals surface area contributed by atoms with E-state index in [4.69, 9.17) is 0 Å². The summed E-state index contributed by atoms with van der Waals surface area (Å²) >= 11 is 2.00. The first-order valence-corrected chi connectivity index (χ1v) is 8.88. The average molecular weight is 279 g/mol. The fraction of sp³-hybridized carbons (Fsp3) is 0.765. The van der Waals surface area contributed by atoms with Crippen molar-refractivity contribution >= 4 is 11.3 Å². The third-order valence-corrected chi connectivity index (χ3v) is 5.82. The Hall–Kier alpha value is -0.340. The predicted octanol–water partition coefficient (Wildman–Crippen LogP) is 4.80. The predicted molar refractivity (Wildman–Crippen MR) is 86.1 cm³/mol. The fourth-order valence-electron chi connectivity index (χ4n) is 3.23. The van der Waals surface area contributed by atoms with E-state index in [-0.39, 0.29) is 0 Å². The first-order chi connectivity index (χ1) is 9.31. The minimum absolute atomic E-state index is 0.672. The first-order valence-electron chi connectivity index (χ1n) is 8.06. The van der Waals surface area contributed by atoms with Crippen LogP contribution < -0.4 is 5.32 Å². The molecule has 1 aromatic rings. The number of hydrogen-bond acceptors (Lipinski definition) is 2. The Morgan fingerprint density at radius 3 is 2.58 bits per heavy atom. The van der Waals surface area contributed by atoms with Gasteiger partial charge in [-0.2, -0.15) is 0 Å². The molecule has 1 N–H and O–H groups in total. The van der Waals surface area contributed by atoms with Gasteiger partial charge in [-0.05, 0) is 50.8 Å². The summed E-state index contributed by atoms with van der Waals surface area (Å²) in [5.41, 5.74) is 0. The summed E-state index contributed by atoms with van der Waals surface area (Å²) in [6, 6.07) is 5.30. The van der Waals surface area contributed by atoms with Gasteiger partial charge in [0.15, 0.2) is 0 Å². The Morgan fingerprint density at radius 2 is 1.95 bits per heavy atom. The molecule has 2 heteroatoms. The highest BCUT2D eigenvalue weighted by Gasteiger charge is 2.16. The summed E-state index contributed by atoms with van der Waals surface area (Å²) in [5, 5.41) is 3.52. The first kappa shape index (κ1) is 15.1. The van der Waals surface area contributed by atoms with Crippen molar-refractivity contribution in [3.8, 4) is 0 Å². The van der Waals surface area contributed by atoms with Crippen LogP contribution in [0.3, 0.4) is 0 Å². The standard InChI is InChI=1S/C17H29NS/c1-3-16-11-12-17(19-16)13-15(18-2)10-9-14-7-5-4-6-8-14/h11-12,14-15,18H,3-10,13H2,1-2H3. The molecule has 0 aromatic carbocycles. The summed E-state index contributed by atoms with van der Waals surface area (Å²) in [6.07, 6.45) is 12.5. The van der Waals surface area contributed by atoms with E-state index in [1.165, 1.54) is 62.7 Å². The molecule has 1 heterocycles. The van der Waals surface area contributed by atoms with Crippen molar-refractivity contribution < 1.29 is 0 Å². The van der Waals surface area contributed by atoms with Crippen molar-refractivity contribution in [1.82, 2.24) is 5.32 Å². The lowest BCUT2D eigenvalue weighted by atomic mass is 9.85. The van der Waals surface area contributed by atoms with Crippen LogP contribution in [0.1, 0.15) is 61.6 Å². The molecule has 1 aliphatic carbocycles. The number of hydrogen-bond donors (Lipinski definition) is 1. The van der Waals surface area contributed by atoms with Gasteiger partial charge in [0.1, 0.15) is 0 Å². The van der Waals surface area contributed by atoms with Gasteiger partial charge in [0, 0.05) is 15.8 Å². The zero-order valence-electron chi connectivity index (χ0n) is 12.6. The van der Waals surface area contributed by atoms with E-state index >= 15 is 0 Å².